The topological polar surface area (TPSA) is 93.5 Å². The van der Waals surface area contributed by atoms with E-state index in [4.69, 9.17) is 10.5 Å². The maximum atomic E-state index is 13.3. The Bertz CT molecular complexity index is 1030. The summed E-state index contributed by atoms with van der Waals surface area (Å²) in [6.07, 6.45) is 0.499. The number of benzene rings is 3. The summed E-state index contributed by atoms with van der Waals surface area (Å²) >= 11 is 0. The van der Waals surface area contributed by atoms with E-state index in [2.05, 4.69) is 10.6 Å². The van der Waals surface area contributed by atoms with Gasteiger partial charge in [-0.15, -0.1) is 0 Å². The lowest BCUT2D eigenvalue weighted by atomic mass is 10.0. The number of para-hydroxylation sites is 1. The van der Waals surface area contributed by atoms with Gasteiger partial charge >= 0.3 is 6.03 Å². The van der Waals surface area contributed by atoms with Crippen molar-refractivity contribution in [3.63, 3.8) is 0 Å². The van der Waals surface area contributed by atoms with Gasteiger partial charge in [-0.3, -0.25) is 4.79 Å². The average molecular weight is 421 g/mol. The number of rotatable bonds is 9. The predicted octanol–water partition coefficient (Wildman–Crippen LogP) is 4.08. The SMILES string of the molecule is NC(=O)N[C@@H](CC(=O)NCCc1cccc(F)c1)c1cccc(Oc2ccccc2)c1. The lowest BCUT2D eigenvalue weighted by Gasteiger charge is -2.19. The van der Waals surface area contributed by atoms with E-state index in [-0.39, 0.29) is 18.1 Å². The molecule has 7 heteroatoms. The molecule has 3 rings (SSSR count). The number of urea groups is 1. The monoisotopic (exact) mass is 421 g/mol. The fourth-order valence-electron chi connectivity index (χ4n) is 3.14. The number of carbonyl (C=O) groups excluding carboxylic acids is 2. The molecule has 160 valence electrons. The van der Waals surface area contributed by atoms with Crippen LogP contribution in [-0.4, -0.2) is 18.5 Å². The van der Waals surface area contributed by atoms with Gasteiger partial charge in [0.15, 0.2) is 0 Å². The molecule has 3 amide bonds. The fraction of sp³-hybridized carbons (Fsp3) is 0.167. The quantitative estimate of drug-likeness (QED) is 0.486. The number of hydrogen-bond donors (Lipinski definition) is 3. The van der Waals surface area contributed by atoms with Gasteiger partial charge in [-0.05, 0) is 53.9 Å². The van der Waals surface area contributed by atoms with Crippen LogP contribution in [0.2, 0.25) is 0 Å². The molecule has 0 saturated heterocycles. The van der Waals surface area contributed by atoms with Crippen molar-refractivity contribution in [3.8, 4) is 11.5 Å². The summed E-state index contributed by atoms with van der Waals surface area (Å²) in [5.41, 5.74) is 6.79. The number of amides is 3. The van der Waals surface area contributed by atoms with Crippen molar-refractivity contribution < 1.29 is 18.7 Å². The molecule has 0 radical (unpaired) electrons. The van der Waals surface area contributed by atoms with Crippen LogP contribution in [0.4, 0.5) is 9.18 Å². The van der Waals surface area contributed by atoms with E-state index in [1.165, 1.54) is 12.1 Å². The summed E-state index contributed by atoms with van der Waals surface area (Å²) in [6, 6.07) is 21.3. The van der Waals surface area contributed by atoms with Crippen molar-refractivity contribution in [1.82, 2.24) is 10.6 Å². The Kier molecular flexibility index (Phi) is 7.59. The summed E-state index contributed by atoms with van der Waals surface area (Å²) in [5.74, 6) is 0.678. The van der Waals surface area contributed by atoms with Crippen molar-refractivity contribution in [1.29, 1.82) is 0 Å². The minimum Gasteiger partial charge on any atom is -0.457 e. The largest absolute Gasteiger partial charge is 0.457 e. The van der Waals surface area contributed by atoms with Crippen LogP contribution >= 0.6 is 0 Å². The highest BCUT2D eigenvalue weighted by Gasteiger charge is 2.18. The summed E-state index contributed by atoms with van der Waals surface area (Å²) in [5, 5.41) is 5.40. The van der Waals surface area contributed by atoms with Crippen molar-refractivity contribution in [2.75, 3.05) is 6.54 Å². The first kappa shape index (κ1) is 21.8. The number of ether oxygens (including phenoxy) is 1. The van der Waals surface area contributed by atoms with E-state index in [1.807, 2.05) is 30.3 Å². The maximum absolute atomic E-state index is 13.3. The molecule has 0 unspecified atom stereocenters. The Morgan fingerprint density at radius 1 is 0.935 bits per heavy atom. The third-order valence-corrected chi connectivity index (χ3v) is 4.57. The number of carbonyl (C=O) groups is 2. The molecule has 0 bridgehead atoms. The second-order valence-electron chi connectivity index (χ2n) is 6.98. The normalized spacial score (nSPS) is 11.4. The van der Waals surface area contributed by atoms with Gasteiger partial charge < -0.3 is 21.1 Å². The first-order valence-corrected chi connectivity index (χ1v) is 9.89. The molecular formula is C24H24FN3O3. The molecule has 31 heavy (non-hydrogen) atoms. The van der Waals surface area contributed by atoms with Gasteiger partial charge in [0.05, 0.1) is 12.5 Å². The Balaban J connectivity index is 1.62. The fourth-order valence-corrected chi connectivity index (χ4v) is 3.14. The lowest BCUT2D eigenvalue weighted by Crippen LogP contribution is -2.37. The third kappa shape index (κ3) is 7.15. The summed E-state index contributed by atoms with van der Waals surface area (Å²) in [7, 11) is 0. The number of hydrogen-bond acceptors (Lipinski definition) is 3. The number of nitrogens with two attached hydrogens (primary N) is 1. The van der Waals surface area contributed by atoms with E-state index in [1.54, 1.807) is 36.4 Å². The zero-order valence-corrected chi connectivity index (χ0v) is 16.9. The number of halogens is 1. The Morgan fingerprint density at radius 2 is 1.68 bits per heavy atom. The van der Waals surface area contributed by atoms with E-state index < -0.39 is 12.1 Å². The van der Waals surface area contributed by atoms with E-state index in [0.717, 1.165) is 5.56 Å². The highest BCUT2D eigenvalue weighted by atomic mass is 19.1. The van der Waals surface area contributed by atoms with Crippen LogP contribution in [0.25, 0.3) is 0 Å². The third-order valence-electron chi connectivity index (χ3n) is 4.57. The van der Waals surface area contributed by atoms with Gasteiger partial charge in [-0.2, -0.15) is 0 Å². The minimum atomic E-state index is -0.730. The molecule has 0 aliphatic rings. The molecule has 3 aromatic rings. The van der Waals surface area contributed by atoms with Gasteiger partial charge in [-0.25, -0.2) is 9.18 Å². The molecule has 0 heterocycles. The molecule has 6 nitrogen and oxygen atoms in total. The van der Waals surface area contributed by atoms with Crippen LogP contribution in [-0.2, 0) is 11.2 Å². The van der Waals surface area contributed by atoms with Crippen molar-refractivity contribution in [2.24, 2.45) is 5.73 Å². The Labute approximate surface area is 180 Å². The van der Waals surface area contributed by atoms with Gasteiger partial charge in [0, 0.05) is 6.54 Å². The first-order chi connectivity index (χ1) is 15.0. The molecule has 0 saturated carbocycles. The molecule has 1 atom stereocenters. The van der Waals surface area contributed by atoms with Crippen LogP contribution in [0.15, 0.2) is 78.9 Å². The van der Waals surface area contributed by atoms with E-state index >= 15 is 0 Å². The van der Waals surface area contributed by atoms with Crippen LogP contribution < -0.4 is 21.1 Å². The van der Waals surface area contributed by atoms with Crippen LogP contribution in [0, 0.1) is 5.82 Å². The van der Waals surface area contributed by atoms with Crippen molar-refractivity contribution >= 4 is 11.9 Å². The molecule has 0 aliphatic heterocycles. The first-order valence-electron chi connectivity index (χ1n) is 9.89. The van der Waals surface area contributed by atoms with Crippen LogP contribution in [0.1, 0.15) is 23.6 Å². The van der Waals surface area contributed by atoms with Gasteiger partial charge in [0.1, 0.15) is 17.3 Å². The highest BCUT2D eigenvalue weighted by Crippen LogP contribution is 2.26. The maximum Gasteiger partial charge on any atom is 0.312 e. The lowest BCUT2D eigenvalue weighted by molar-refractivity contribution is -0.121. The standard InChI is InChI=1S/C24H24FN3O3/c25-19-8-4-6-17(14-19)12-13-27-23(29)16-22(28-24(26)30)18-7-5-11-21(15-18)31-20-9-2-1-3-10-20/h1-11,14-15,22H,12-13,16H2,(H,27,29)(H3,26,28,30)/t22-/m0/s1. The van der Waals surface area contributed by atoms with Gasteiger partial charge in [0.25, 0.3) is 0 Å². The average Bonchev–Trinajstić information content (AvgIpc) is 2.74. The van der Waals surface area contributed by atoms with E-state index in [0.29, 0.717) is 30.0 Å². The molecule has 0 spiro atoms. The van der Waals surface area contributed by atoms with E-state index in [9.17, 15) is 14.0 Å². The predicted molar refractivity (Wildman–Crippen MR) is 116 cm³/mol. The van der Waals surface area contributed by atoms with Crippen molar-refractivity contribution in [2.45, 2.75) is 18.9 Å². The Hall–Kier alpha value is -3.87. The van der Waals surface area contributed by atoms with Gasteiger partial charge in [0.2, 0.25) is 5.91 Å². The molecular weight excluding hydrogens is 397 g/mol. The molecule has 0 fully saturated rings. The summed E-state index contributed by atoms with van der Waals surface area (Å²) in [6.45, 7) is 0.350. The van der Waals surface area contributed by atoms with Crippen LogP contribution in [0.5, 0.6) is 11.5 Å². The zero-order chi connectivity index (χ0) is 22.1. The molecule has 3 aromatic carbocycles. The molecule has 0 aliphatic carbocycles. The van der Waals surface area contributed by atoms with Crippen molar-refractivity contribution in [3.05, 3.63) is 95.8 Å². The second kappa shape index (κ2) is 10.8. The second-order valence-corrected chi connectivity index (χ2v) is 6.98. The minimum absolute atomic E-state index is 0.000874. The molecule has 0 aromatic heterocycles. The van der Waals surface area contributed by atoms with Crippen LogP contribution in [0.3, 0.4) is 0 Å². The smallest absolute Gasteiger partial charge is 0.312 e. The van der Waals surface area contributed by atoms with Gasteiger partial charge in [-0.1, -0.05) is 42.5 Å². The highest BCUT2D eigenvalue weighted by molar-refractivity contribution is 5.78. The summed E-state index contributed by atoms with van der Waals surface area (Å²) in [4.78, 5) is 23.9. The Morgan fingerprint density at radius 3 is 2.42 bits per heavy atom. The number of nitrogens with one attached hydrogen (secondary N) is 2. The molecule has 4 N–H and O–H groups in total. The number of primary amides is 1. The zero-order valence-electron chi connectivity index (χ0n) is 16.9. The summed E-state index contributed by atoms with van der Waals surface area (Å²) < 4.78 is 19.1.